The zero-order chi connectivity index (χ0) is 13.1. The molecule has 0 bridgehead atoms. The van der Waals surface area contributed by atoms with Crippen LogP contribution in [0.15, 0.2) is 0 Å². The third-order valence-electron chi connectivity index (χ3n) is 5.83. The maximum absolute atomic E-state index is 12.6. The Morgan fingerprint density at radius 1 is 0.889 bits per heavy atom. The molecule has 0 saturated heterocycles. The molecule has 0 spiro atoms. The molecular formula is C17H30O. The van der Waals surface area contributed by atoms with E-state index in [0.29, 0.717) is 17.6 Å². The molecular weight excluding hydrogens is 220 g/mol. The third-order valence-corrected chi connectivity index (χ3v) is 5.83. The highest BCUT2D eigenvalue weighted by atomic mass is 16.1. The summed E-state index contributed by atoms with van der Waals surface area (Å²) in [7, 11) is 0. The molecule has 0 aromatic heterocycles. The molecule has 2 saturated carbocycles. The summed E-state index contributed by atoms with van der Waals surface area (Å²) < 4.78 is 0. The number of carbonyl (C=O) groups excluding carboxylic acids is 1. The van der Waals surface area contributed by atoms with Gasteiger partial charge in [0.25, 0.3) is 0 Å². The largest absolute Gasteiger partial charge is 0.299 e. The fourth-order valence-electron chi connectivity index (χ4n) is 3.99. The lowest BCUT2D eigenvalue weighted by Gasteiger charge is -2.35. The Bertz CT molecular complexity index is 275. The van der Waals surface area contributed by atoms with E-state index < -0.39 is 0 Å². The lowest BCUT2D eigenvalue weighted by Crippen LogP contribution is -2.32. The first kappa shape index (κ1) is 14.1. The van der Waals surface area contributed by atoms with Gasteiger partial charge in [-0.15, -0.1) is 0 Å². The predicted octanol–water partition coefficient (Wildman–Crippen LogP) is 4.84. The van der Waals surface area contributed by atoms with Crippen molar-refractivity contribution in [2.24, 2.45) is 29.6 Å². The zero-order valence-electron chi connectivity index (χ0n) is 12.5. The van der Waals surface area contributed by atoms with Crippen LogP contribution in [0.3, 0.4) is 0 Å². The van der Waals surface area contributed by atoms with E-state index in [4.69, 9.17) is 0 Å². The van der Waals surface area contributed by atoms with Crippen molar-refractivity contribution >= 4 is 5.78 Å². The highest BCUT2D eigenvalue weighted by Crippen LogP contribution is 2.38. The first-order chi connectivity index (χ1) is 8.61. The molecule has 0 heterocycles. The van der Waals surface area contributed by atoms with E-state index in [0.717, 1.165) is 30.6 Å². The van der Waals surface area contributed by atoms with Gasteiger partial charge in [-0.1, -0.05) is 27.2 Å². The Morgan fingerprint density at radius 2 is 1.50 bits per heavy atom. The number of ketones is 1. The van der Waals surface area contributed by atoms with E-state index in [2.05, 4.69) is 20.8 Å². The highest BCUT2D eigenvalue weighted by molar-refractivity contribution is 5.83. The van der Waals surface area contributed by atoms with Crippen LogP contribution in [-0.2, 0) is 4.79 Å². The van der Waals surface area contributed by atoms with E-state index in [1.165, 1.54) is 38.5 Å². The van der Waals surface area contributed by atoms with Gasteiger partial charge in [-0.25, -0.2) is 0 Å². The SMILES string of the molecule is CCC1CCC(C(=O)C2CCC(C)C(C)C2)CC1. The number of hydrogen-bond donors (Lipinski definition) is 0. The van der Waals surface area contributed by atoms with Crippen LogP contribution < -0.4 is 0 Å². The molecule has 2 aliphatic carbocycles. The van der Waals surface area contributed by atoms with Crippen molar-refractivity contribution in [3.05, 3.63) is 0 Å². The molecule has 0 N–H and O–H groups in total. The molecule has 0 aliphatic heterocycles. The average molecular weight is 250 g/mol. The van der Waals surface area contributed by atoms with Crippen LogP contribution in [0.25, 0.3) is 0 Å². The quantitative estimate of drug-likeness (QED) is 0.700. The first-order valence-corrected chi connectivity index (χ1v) is 8.15. The van der Waals surface area contributed by atoms with Crippen LogP contribution in [0.4, 0.5) is 0 Å². The van der Waals surface area contributed by atoms with Crippen molar-refractivity contribution in [3.63, 3.8) is 0 Å². The second kappa shape index (κ2) is 6.21. The van der Waals surface area contributed by atoms with E-state index in [-0.39, 0.29) is 0 Å². The molecule has 2 fully saturated rings. The number of carbonyl (C=O) groups is 1. The molecule has 0 aromatic carbocycles. The summed E-state index contributed by atoms with van der Waals surface area (Å²) in [5, 5.41) is 0. The van der Waals surface area contributed by atoms with Crippen LogP contribution in [0.2, 0.25) is 0 Å². The smallest absolute Gasteiger partial charge is 0.139 e. The van der Waals surface area contributed by atoms with Crippen molar-refractivity contribution < 1.29 is 4.79 Å². The van der Waals surface area contributed by atoms with E-state index >= 15 is 0 Å². The summed E-state index contributed by atoms with van der Waals surface area (Å²) in [4.78, 5) is 12.6. The van der Waals surface area contributed by atoms with Crippen molar-refractivity contribution in [1.29, 1.82) is 0 Å². The van der Waals surface area contributed by atoms with Crippen LogP contribution in [0, 0.1) is 29.6 Å². The Kier molecular flexibility index (Phi) is 4.86. The molecule has 104 valence electrons. The summed E-state index contributed by atoms with van der Waals surface area (Å²) in [6.45, 7) is 6.97. The van der Waals surface area contributed by atoms with Crippen molar-refractivity contribution in [2.45, 2.75) is 72.1 Å². The highest BCUT2D eigenvalue weighted by Gasteiger charge is 2.34. The molecule has 2 rings (SSSR count). The molecule has 1 nitrogen and oxygen atoms in total. The van der Waals surface area contributed by atoms with Gasteiger partial charge in [0.1, 0.15) is 5.78 Å². The Hall–Kier alpha value is -0.330. The van der Waals surface area contributed by atoms with Gasteiger partial charge in [-0.2, -0.15) is 0 Å². The summed E-state index contributed by atoms with van der Waals surface area (Å²) in [6, 6.07) is 0. The number of rotatable bonds is 3. The summed E-state index contributed by atoms with van der Waals surface area (Å²) in [5.74, 6) is 3.92. The maximum Gasteiger partial charge on any atom is 0.139 e. The van der Waals surface area contributed by atoms with Gasteiger partial charge in [-0.3, -0.25) is 4.79 Å². The Morgan fingerprint density at radius 3 is 2.06 bits per heavy atom. The minimum Gasteiger partial charge on any atom is -0.299 e. The van der Waals surface area contributed by atoms with Crippen LogP contribution in [0.5, 0.6) is 0 Å². The fraction of sp³-hybridized carbons (Fsp3) is 0.941. The van der Waals surface area contributed by atoms with Gasteiger partial charge in [0.05, 0.1) is 0 Å². The summed E-state index contributed by atoms with van der Waals surface area (Å²) >= 11 is 0. The molecule has 0 radical (unpaired) electrons. The van der Waals surface area contributed by atoms with E-state index in [1.54, 1.807) is 0 Å². The zero-order valence-corrected chi connectivity index (χ0v) is 12.5. The predicted molar refractivity (Wildman–Crippen MR) is 76.4 cm³/mol. The molecule has 3 atom stereocenters. The maximum atomic E-state index is 12.6. The minimum atomic E-state index is 0.402. The summed E-state index contributed by atoms with van der Waals surface area (Å²) in [6.07, 6.45) is 9.85. The normalized spacial score (nSPS) is 41.6. The summed E-state index contributed by atoms with van der Waals surface area (Å²) in [5.41, 5.74) is 0. The lowest BCUT2D eigenvalue weighted by atomic mass is 9.69. The average Bonchev–Trinajstić information content (AvgIpc) is 2.41. The van der Waals surface area contributed by atoms with E-state index in [1.807, 2.05) is 0 Å². The third kappa shape index (κ3) is 3.16. The van der Waals surface area contributed by atoms with Crippen LogP contribution in [-0.4, -0.2) is 5.78 Å². The van der Waals surface area contributed by atoms with Crippen molar-refractivity contribution in [3.8, 4) is 0 Å². The van der Waals surface area contributed by atoms with Gasteiger partial charge in [0, 0.05) is 11.8 Å². The Balaban J connectivity index is 1.84. The number of hydrogen-bond acceptors (Lipinski definition) is 1. The van der Waals surface area contributed by atoms with Gasteiger partial charge >= 0.3 is 0 Å². The molecule has 0 aromatic rings. The van der Waals surface area contributed by atoms with Crippen molar-refractivity contribution in [1.82, 2.24) is 0 Å². The number of Topliss-reactive ketones (excluding diaryl/α,β-unsaturated/α-hetero) is 1. The first-order valence-electron chi connectivity index (χ1n) is 8.15. The molecule has 18 heavy (non-hydrogen) atoms. The van der Waals surface area contributed by atoms with Gasteiger partial charge < -0.3 is 0 Å². The van der Waals surface area contributed by atoms with Crippen LogP contribution in [0.1, 0.15) is 72.1 Å². The van der Waals surface area contributed by atoms with Gasteiger partial charge in [0.2, 0.25) is 0 Å². The standard InChI is InChI=1S/C17H30O/c1-4-14-6-9-15(10-7-14)17(18)16-8-5-12(2)13(3)11-16/h12-16H,4-11H2,1-3H3. The second-order valence-corrected chi connectivity index (χ2v) is 6.99. The van der Waals surface area contributed by atoms with Gasteiger partial charge in [-0.05, 0) is 62.7 Å². The molecule has 3 unspecified atom stereocenters. The Labute approximate surface area is 113 Å². The lowest BCUT2D eigenvalue weighted by molar-refractivity contribution is -0.129. The van der Waals surface area contributed by atoms with E-state index in [9.17, 15) is 4.79 Å². The fourth-order valence-corrected chi connectivity index (χ4v) is 3.99. The molecule has 1 heteroatoms. The van der Waals surface area contributed by atoms with Crippen LogP contribution >= 0.6 is 0 Å². The monoisotopic (exact) mass is 250 g/mol. The van der Waals surface area contributed by atoms with Crippen molar-refractivity contribution in [2.75, 3.05) is 0 Å². The molecule has 0 amide bonds. The minimum absolute atomic E-state index is 0.402. The molecule has 2 aliphatic rings. The van der Waals surface area contributed by atoms with Gasteiger partial charge in [0.15, 0.2) is 0 Å². The topological polar surface area (TPSA) is 17.1 Å². The second-order valence-electron chi connectivity index (χ2n) is 6.99.